The summed E-state index contributed by atoms with van der Waals surface area (Å²) in [4.78, 5) is 0. The second kappa shape index (κ2) is 6.13. The fourth-order valence-electron chi connectivity index (χ4n) is 1.40. The summed E-state index contributed by atoms with van der Waals surface area (Å²) in [6.45, 7) is 0.713. The monoisotopic (exact) mass is 237 g/mol. The lowest BCUT2D eigenvalue weighted by molar-refractivity contribution is 0.628. The Morgan fingerprint density at radius 2 is 1.69 bits per heavy atom. The number of hydrogen-bond acceptors (Lipinski definition) is 1. The molecule has 1 N–H and O–H groups in total. The van der Waals surface area contributed by atoms with Gasteiger partial charge >= 0.3 is 0 Å². The van der Waals surface area contributed by atoms with Gasteiger partial charge in [-0.3, -0.25) is 0 Å². The van der Waals surface area contributed by atoms with Crippen LogP contribution in [0.2, 0.25) is 0 Å². The van der Waals surface area contributed by atoms with Crippen LogP contribution in [0.4, 0.5) is 10.1 Å². The van der Waals surface area contributed by atoms with Crippen molar-refractivity contribution in [3.63, 3.8) is 0 Å². The lowest BCUT2D eigenvalue weighted by Crippen LogP contribution is -1.98. The Bertz CT molecular complexity index is 431. The molecule has 0 heterocycles. The average molecular weight is 238 g/mol. The zero-order valence-electron chi connectivity index (χ0n) is 8.69. The maximum absolute atomic E-state index is 12.9. The van der Waals surface area contributed by atoms with Crippen molar-refractivity contribution in [1.82, 2.24) is 0 Å². The quantitative estimate of drug-likeness (QED) is 0.855. The molecule has 0 aliphatic rings. The van der Waals surface area contributed by atoms with Gasteiger partial charge in [-0.1, -0.05) is 36.4 Å². The molecule has 2 aromatic carbocycles. The summed E-state index contributed by atoms with van der Waals surface area (Å²) >= 11 is 0. The summed E-state index contributed by atoms with van der Waals surface area (Å²) < 4.78 is 12.9. The van der Waals surface area contributed by atoms with Gasteiger partial charge in [0.05, 0.1) is 0 Å². The highest BCUT2D eigenvalue weighted by atomic mass is 35.5. The van der Waals surface area contributed by atoms with Crippen LogP contribution in [0.15, 0.2) is 54.6 Å². The zero-order chi connectivity index (χ0) is 10.5. The number of benzene rings is 2. The van der Waals surface area contributed by atoms with E-state index in [4.69, 9.17) is 0 Å². The summed E-state index contributed by atoms with van der Waals surface area (Å²) in [5.41, 5.74) is 1.99. The van der Waals surface area contributed by atoms with Crippen LogP contribution in [0.1, 0.15) is 5.56 Å². The van der Waals surface area contributed by atoms with Gasteiger partial charge < -0.3 is 5.32 Å². The molecular weight excluding hydrogens is 225 g/mol. The summed E-state index contributed by atoms with van der Waals surface area (Å²) in [6, 6.07) is 16.5. The van der Waals surface area contributed by atoms with Crippen LogP contribution in [-0.4, -0.2) is 0 Å². The van der Waals surface area contributed by atoms with Gasteiger partial charge in [0, 0.05) is 12.2 Å². The smallest absolute Gasteiger partial charge is 0.125 e. The normalized spacial score (nSPS) is 9.31. The van der Waals surface area contributed by atoms with Crippen LogP contribution >= 0.6 is 12.4 Å². The van der Waals surface area contributed by atoms with Gasteiger partial charge in [0.25, 0.3) is 0 Å². The van der Waals surface area contributed by atoms with E-state index in [0.29, 0.717) is 6.54 Å². The summed E-state index contributed by atoms with van der Waals surface area (Å²) in [5, 5.41) is 3.16. The number of halogens is 2. The van der Waals surface area contributed by atoms with Crippen molar-refractivity contribution in [2.75, 3.05) is 5.32 Å². The Labute approximate surface area is 101 Å². The average Bonchev–Trinajstić information content (AvgIpc) is 2.28. The molecule has 0 saturated heterocycles. The van der Waals surface area contributed by atoms with E-state index in [2.05, 4.69) is 5.32 Å². The minimum atomic E-state index is -0.215. The first-order chi connectivity index (χ1) is 7.34. The van der Waals surface area contributed by atoms with Crippen LogP contribution < -0.4 is 5.32 Å². The molecule has 0 aliphatic heterocycles. The van der Waals surface area contributed by atoms with Crippen molar-refractivity contribution in [1.29, 1.82) is 0 Å². The summed E-state index contributed by atoms with van der Waals surface area (Å²) in [5.74, 6) is -0.215. The molecule has 0 amide bonds. The number of nitrogens with one attached hydrogen (secondary N) is 1. The molecule has 0 bridgehead atoms. The molecule has 16 heavy (non-hydrogen) atoms. The maximum Gasteiger partial charge on any atom is 0.125 e. The topological polar surface area (TPSA) is 12.0 Å². The highest BCUT2D eigenvalue weighted by Gasteiger charge is 1.94. The van der Waals surface area contributed by atoms with Gasteiger partial charge in [-0.2, -0.15) is 0 Å². The summed E-state index contributed by atoms with van der Waals surface area (Å²) in [7, 11) is 0. The van der Waals surface area contributed by atoms with E-state index >= 15 is 0 Å². The minimum Gasteiger partial charge on any atom is -0.381 e. The molecule has 0 saturated carbocycles. The van der Waals surface area contributed by atoms with Gasteiger partial charge in [0.15, 0.2) is 0 Å². The van der Waals surface area contributed by atoms with Crippen molar-refractivity contribution in [2.45, 2.75) is 6.54 Å². The van der Waals surface area contributed by atoms with E-state index in [1.807, 2.05) is 36.4 Å². The van der Waals surface area contributed by atoms with Crippen molar-refractivity contribution >= 4 is 18.1 Å². The molecule has 0 spiro atoms. The Balaban J connectivity index is 0.00000128. The Kier molecular flexibility index (Phi) is 4.80. The number of hydrogen-bond donors (Lipinski definition) is 1. The van der Waals surface area contributed by atoms with E-state index in [1.165, 1.54) is 17.7 Å². The van der Waals surface area contributed by atoms with Crippen LogP contribution in [0.3, 0.4) is 0 Å². The van der Waals surface area contributed by atoms with E-state index in [0.717, 1.165) is 5.69 Å². The van der Waals surface area contributed by atoms with Gasteiger partial charge in [-0.25, -0.2) is 4.39 Å². The molecule has 0 unspecified atom stereocenters. The fraction of sp³-hybridized carbons (Fsp3) is 0.0769. The van der Waals surface area contributed by atoms with Crippen molar-refractivity contribution in [2.24, 2.45) is 0 Å². The minimum absolute atomic E-state index is 0. The predicted molar refractivity (Wildman–Crippen MR) is 67.4 cm³/mol. The lowest BCUT2D eigenvalue weighted by atomic mass is 10.2. The second-order valence-corrected chi connectivity index (χ2v) is 3.35. The number of anilines is 1. The van der Waals surface area contributed by atoms with Crippen LogP contribution in [-0.2, 0) is 6.54 Å². The largest absolute Gasteiger partial charge is 0.381 e. The van der Waals surface area contributed by atoms with Crippen LogP contribution in [0, 0.1) is 5.82 Å². The molecule has 0 atom stereocenters. The van der Waals surface area contributed by atoms with Gasteiger partial charge in [-0.05, 0) is 23.8 Å². The summed E-state index contributed by atoms with van der Waals surface area (Å²) in [6.07, 6.45) is 0. The first-order valence-electron chi connectivity index (χ1n) is 4.88. The molecule has 1 nitrogen and oxygen atoms in total. The van der Waals surface area contributed by atoms with E-state index in [9.17, 15) is 4.39 Å². The van der Waals surface area contributed by atoms with E-state index < -0.39 is 0 Å². The third kappa shape index (κ3) is 3.55. The first kappa shape index (κ1) is 12.5. The van der Waals surface area contributed by atoms with Crippen molar-refractivity contribution in [3.8, 4) is 0 Å². The Morgan fingerprint density at radius 3 is 2.38 bits per heavy atom. The van der Waals surface area contributed by atoms with E-state index in [1.54, 1.807) is 6.07 Å². The highest BCUT2D eigenvalue weighted by molar-refractivity contribution is 5.85. The standard InChI is InChI=1S/C13H12FN.ClH/c14-12-7-4-8-13(9-12)15-10-11-5-2-1-3-6-11;/h1-9,15H,10H2;1H. The molecule has 0 radical (unpaired) electrons. The molecule has 0 fully saturated rings. The van der Waals surface area contributed by atoms with Crippen molar-refractivity contribution in [3.05, 3.63) is 66.0 Å². The van der Waals surface area contributed by atoms with Crippen molar-refractivity contribution < 1.29 is 4.39 Å². The first-order valence-corrected chi connectivity index (χ1v) is 4.88. The number of rotatable bonds is 3. The third-order valence-electron chi connectivity index (χ3n) is 2.16. The Morgan fingerprint density at radius 1 is 0.938 bits per heavy atom. The predicted octanol–water partition coefficient (Wildman–Crippen LogP) is 3.86. The van der Waals surface area contributed by atoms with E-state index in [-0.39, 0.29) is 18.2 Å². The molecule has 2 rings (SSSR count). The van der Waals surface area contributed by atoms with Gasteiger partial charge in [0.1, 0.15) is 5.82 Å². The molecule has 84 valence electrons. The molecular formula is C13H13ClFN. The molecule has 0 aromatic heterocycles. The van der Waals surface area contributed by atoms with Crippen LogP contribution in [0.5, 0.6) is 0 Å². The van der Waals surface area contributed by atoms with Crippen LogP contribution in [0.25, 0.3) is 0 Å². The SMILES string of the molecule is Cl.Fc1cccc(NCc2ccccc2)c1. The third-order valence-corrected chi connectivity index (χ3v) is 2.16. The molecule has 3 heteroatoms. The maximum atomic E-state index is 12.9. The van der Waals surface area contributed by atoms with Gasteiger partial charge in [0.2, 0.25) is 0 Å². The Hall–Kier alpha value is -1.54. The molecule has 0 aliphatic carbocycles. The second-order valence-electron chi connectivity index (χ2n) is 3.35. The zero-order valence-corrected chi connectivity index (χ0v) is 9.51. The molecule has 2 aromatic rings. The highest BCUT2D eigenvalue weighted by Crippen LogP contribution is 2.10. The fourth-order valence-corrected chi connectivity index (χ4v) is 1.40. The van der Waals surface area contributed by atoms with Gasteiger partial charge in [-0.15, -0.1) is 12.4 Å². The lowest BCUT2D eigenvalue weighted by Gasteiger charge is -2.05.